The fourth-order valence-corrected chi connectivity index (χ4v) is 10.3. The first-order chi connectivity index (χ1) is 35.5. The molecular weight excluding hydrogens is 995 g/mol. The van der Waals surface area contributed by atoms with Crippen LogP contribution in [0.4, 0.5) is 0 Å². The molecule has 1 aromatic carbocycles. The SMILES string of the molecule is CC[C@H](C)[C@H]1C(=O)N[C@H](C(=O)N2CCCCC2)CSCC(=O)N(C)[C@@H](Cc2ccccc2)C(=O)N(C)[C@@H](CC(C)C)C(=O)N[C@@H]([C@@H](C)O)C(=O)N(C)CC(=O)N(C)[C@@H](CC(C)C)C(=O)NC(COC(C)(C)C)C(=O)N1C. The van der Waals surface area contributed by atoms with Crippen LogP contribution in [0.25, 0.3) is 0 Å². The highest BCUT2D eigenvalue weighted by molar-refractivity contribution is 8.00. The molecule has 9 amide bonds. The molecular formula is C55H91N9O11S. The van der Waals surface area contributed by atoms with E-state index in [1.807, 2.05) is 71.9 Å². The Bertz CT molecular complexity index is 2130. The molecule has 0 aromatic heterocycles. The van der Waals surface area contributed by atoms with Crippen LogP contribution in [0.3, 0.4) is 0 Å². The maximum atomic E-state index is 14.9. The molecule has 21 heteroatoms. The number of aliphatic hydroxyl groups excluding tert-OH is 1. The maximum Gasteiger partial charge on any atom is 0.248 e. The van der Waals surface area contributed by atoms with Crippen LogP contribution >= 0.6 is 11.8 Å². The van der Waals surface area contributed by atoms with Crippen molar-refractivity contribution in [2.75, 3.05) is 73.0 Å². The number of rotatable bonds is 12. The monoisotopic (exact) mass is 1090 g/mol. The molecule has 4 N–H and O–H groups in total. The Hall–Kier alpha value is -5.28. The lowest BCUT2D eigenvalue weighted by Crippen LogP contribution is -2.62. The molecule has 2 fully saturated rings. The zero-order valence-corrected chi connectivity index (χ0v) is 48.9. The summed E-state index contributed by atoms with van der Waals surface area (Å²) in [5.41, 5.74) is -0.0281. The number of carbonyl (C=O) groups is 9. The minimum Gasteiger partial charge on any atom is -0.391 e. The number of thioether (sulfide) groups is 1. The summed E-state index contributed by atoms with van der Waals surface area (Å²) in [6.45, 7) is 17.9. The molecule has 2 aliphatic heterocycles. The molecule has 9 atom stereocenters. The van der Waals surface area contributed by atoms with Crippen LogP contribution in [0.2, 0.25) is 0 Å². The summed E-state index contributed by atoms with van der Waals surface area (Å²) < 4.78 is 6.10. The molecule has 0 aliphatic carbocycles. The Morgan fingerprint density at radius 1 is 0.697 bits per heavy atom. The Labute approximate surface area is 456 Å². The number of carbonyl (C=O) groups excluding carboxylic acids is 9. The number of ether oxygens (including phenoxy) is 1. The van der Waals surface area contributed by atoms with Crippen molar-refractivity contribution in [2.45, 2.75) is 168 Å². The van der Waals surface area contributed by atoms with E-state index in [0.717, 1.165) is 41.5 Å². The van der Waals surface area contributed by atoms with Crippen molar-refractivity contribution >= 4 is 64.9 Å². The fraction of sp³-hybridized carbons (Fsp3) is 0.727. The number of likely N-dealkylation sites (N-methyl/N-ethyl adjacent to an activating group) is 5. The first-order valence-electron chi connectivity index (χ1n) is 26.9. The molecule has 0 spiro atoms. The van der Waals surface area contributed by atoms with Gasteiger partial charge in [0.1, 0.15) is 42.3 Å². The molecule has 2 saturated heterocycles. The average Bonchev–Trinajstić information content (AvgIpc) is 3.36. The molecule has 3 rings (SSSR count). The minimum absolute atomic E-state index is 0.0285. The third kappa shape index (κ3) is 19.0. The van der Waals surface area contributed by atoms with Gasteiger partial charge in [-0.2, -0.15) is 0 Å². The van der Waals surface area contributed by atoms with E-state index in [2.05, 4.69) is 16.0 Å². The van der Waals surface area contributed by atoms with Gasteiger partial charge in [0.2, 0.25) is 53.2 Å². The molecule has 20 nitrogen and oxygen atoms in total. The minimum atomic E-state index is -1.56. The maximum absolute atomic E-state index is 14.9. The second-order valence-electron chi connectivity index (χ2n) is 22.6. The topological polar surface area (TPSA) is 239 Å². The van der Waals surface area contributed by atoms with E-state index in [1.54, 1.807) is 25.7 Å². The first kappa shape index (κ1) is 65.0. The number of hydrogen-bond acceptors (Lipinski definition) is 12. The van der Waals surface area contributed by atoms with Crippen molar-refractivity contribution in [3.05, 3.63) is 35.9 Å². The fourth-order valence-electron chi connectivity index (χ4n) is 9.34. The number of hydrogen-bond donors (Lipinski definition) is 4. The Kier molecular flexibility index (Phi) is 25.7. The second kappa shape index (κ2) is 30.0. The van der Waals surface area contributed by atoms with Crippen molar-refractivity contribution in [2.24, 2.45) is 17.8 Å². The Morgan fingerprint density at radius 2 is 1.25 bits per heavy atom. The van der Waals surface area contributed by atoms with Crippen LogP contribution in [-0.4, -0.2) is 215 Å². The zero-order chi connectivity index (χ0) is 57.4. The normalized spacial score (nSPS) is 25.6. The van der Waals surface area contributed by atoms with E-state index < -0.39 is 114 Å². The van der Waals surface area contributed by atoms with Gasteiger partial charge >= 0.3 is 0 Å². The first-order valence-corrected chi connectivity index (χ1v) is 28.1. The van der Waals surface area contributed by atoms with Crippen LogP contribution in [0, 0.1) is 17.8 Å². The number of aliphatic hydroxyl groups is 1. The summed E-state index contributed by atoms with van der Waals surface area (Å²) >= 11 is 1.11. The van der Waals surface area contributed by atoms with Crippen molar-refractivity contribution < 1.29 is 53.0 Å². The van der Waals surface area contributed by atoms with Crippen LogP contribution in [0.5, 0.6) is 0 Å². The molecule has 0 saturated carbocycles. The molecule has 428 valence electrons. The van der Waals surface area contributed by atoms with Gasteiger partial charge in [-0.15, -0.1) is 11.8 Å². The van der Waals surface area contributed by atoms with Gasteiger partial charge < -0.3 is 55.2 Å². The van der Waals surface area contributed by atoms with E-state index in [0.29, 0.717) is 19.5 Å². The molecule has 1 aromatic rings. The summed E-state index contributed by atoms with van der Waals surface area (Å²) in [6, 6.07) is 0.464. The number of nitrogens with zero attached hydrogens (tertiary/aromatic N) is 6. The highest BCUT2D eigenvalue weighted by atomic mass is 32.2. The largest absolute Gasteiger partial charge is 0.391 e. The summed E-state index contributed by atoms with van der Waals surface area (Å²) in [5.74, 6) is -6.52. The van der Waals surface area contributed by atoms with Crippen LogP contribution < -0.4 is 16.0 Å². The highest BCUT2D eigenvalue weighted by Crippen LogP contribution is 2.22. The molecule has 0 bridgehead atoms. The molecule has 2 aliphatic rings. The van der Waals surface area contributed by atoms with E-state index in [1.165, 1.54) is 61.8 Å². The van der Waals surface area contributed by atoms with Gasteiger partial charge in [0.05, 0.1) is 30.6 Å². The lowest BCUT2D eigenvalue weighted by atomic mass is 9.95. The van der Waals surface area contributed by atoms with Gasteiger partial charge in [-0.1, -0.05) is 78.3 Å². The molecule has 76 heavy (non-hydrogen) atoms. The number of likely N-dealkylation sites (tertiary alicyclic amines) is 1. The second-order valence-corrected chi connectivity index (χ2v) is 23.6. The standard InChI is InChI=1S/C55H91N9O11S/c1-16-36(6)47-50(70)57-40(52(72)64-25-21-18-22-26-64)32-76-33-45(67)61(13)43(29-38-23-19-17-20-24-38)53(73)62(14)42(28-35(4)5)49(69)58-46(37(7)65)54(74)59(11)30-44(66)60(12)41(27-34(2)3)48(68)56-39(51(71)63(47)15)31-75-55(8,9)10/h17,19-20,23-24,34-37,39-43,46-47,65H,16,18,21-22,25-33H2,1-15H3,(H,56,68)(H,57,70)(H,58,69)/t36-,37+,39?,40-,41-,42-,43-,46-,47-/m0/s1. The van der Waals surface area contributed by atoms with Crippen molar-refractivity contribution in [1.82, 2.24) is 45.3 Å². The van der Waals surface area contributed by atoms with Crippen molar-refractivity contribution in [3.63, 3.8) is 0 Å². The van der Waals surface area contributed by atoms with Gasteiger partial charge in [-0.05, 0) is 83.1 Å². The summed E-state index contributed by atoms with van der Waals surface area (Å²) in [5, 5.41) is 19.5. The molecule has 0 radical (unpaired) electrons. The van der Waals surface area contributed by atoms with E-state index in [9.17, 15) is 48.3 Å². The lowest BCUT2D eigenvalue weighted by molar-refractivity contribution is -0.150. The summed E-state index contributed by atoms with van der Waals surface area (Å²) in [7, 11) is 7.16. The van der Waals surface area contributed by atoms with E-state index in [-0.39, 0.29) is 55.1 Å². The Balaban J connectivity index is 2.26. The van der Waals surface area contributed by atoms with E-state index >= 15 is 0 Å². The zero-order valence-electron chi connectivity index (χ0n) is 48.1. The van der Waals surface area contributed by atoms with Crippen LogP contribution in [0.15, 0.2) is 30.3 Å². The number of nitrogens with one attached hydrogen (secondary N) is 3. The lowest BCUT2D eigenvalue weighted by Gasteiger charge is -2.37. The summed E-state index contributed by atoms with van der Waals surface area (Å²) in [4.78, 5) is 138. The van der Waals surface area contributed by atoms with Crippen molar-refractivity contribution in [3.8, 4) is 0 Å². The molecule has 2 heterocycles. The predicted molar refractivity (Wildman–Crippen MR) is 293 cm³/mol. The third-order valence-electron chi connectivity index (χ3n) is 14.2. The van der Waals surface area contributed by atoms with Gasteiger partial charge in [0.15, 0.2) is 0 Å². The van der Waals surface area contributed by atoms with Crippen LogP contribution in [-0.2, 0) is 54.3 Å². The van der Waals surface area contributed by atoms with Gasteiger partial charge in [-0.25, -0.2) is 0 Å². The van der Waals surface area contributed by atoms with Crippen LogP contribution in [0.1, 0.15) is 113 Å². The number of benzene rings is 1. The summed E-state index contributed by atoms with van der Waals surface area (Å²) in [6.07, 6.45) is 1.86. The molecule has 1 unspecified atom stereocenters. The number of amides is 9. The van der Waals surface area contributed by atoms with Gasteiger partial charge in [0.25, 0.3) is 0 Å². The predicted octanol–water partition coefficient (Wildman–Crippen LogP) is 2.54. The number of piperidine rings is 1. The third-order valence-corrected chi connectivity index (χ3v) is 15.2. The quantitative estimate of drug-likeness (QED) is 0.236. The van der Waals surface area contributed by atoms with Gasteiger partial charge in [-0.3, -0.25) is 43.2 Å². The van der Waals surface area contributed by atoms with E-state index in [4.69, 9.17) is 4.74 Å². The highest BCUT2D eigenvalue weighted by Gasteiger charge is 2.42. The smallest absolute Gasteiger partial charge is 0.248 e. The Morgan fingerprint density at radius 3 is 1.79 bits per heavy atom. The van der Waals surface area contributed by atoms with Crippen molar-refractivity contribution in [1.29, 1.82) is 0 Å². The average molecular weight is 1090 g/mol. The van der Waals surface area contributed by atoms with Gasteiger partial charge in [0, 0.05) is 60.5 Å².